The predicted molar refractivity (Wildman–Crippen MR) is 118 cm³/mol. The Balaban J connectivity index is 1.92. The van der Waals surface area contributed by atoms with Crippen LogP contribution < -0.4 is 16.6 Å². The van der Waals surface area contributed by atoms with Crippen molar-refractivity contribution >= 4 is 45.3 Å². The van der Waals surface area contributed by atoms with Gasteiger partial charge in [0.05, 0.1) is 5.39 Å². The minimum Gasteiger partial charge on any atom is -0.351 e. The molecule has 3 N–H and O–H groups in total. The second-order valence-electron chi connectivity index (χ2n) is 8.08. The number of nitrogens with one attached hydrogen (secondary N) is 1. The average Bonchev–Trinajstić information content (AvgIpc) is 2.97. The summed E-state index contributed by atoms with van der Waals surface area (Å²) in [6, 6.07) is -0.855. The largest absolute Gasteiger partial charge is 0.351 e. The monoisotopic (exact) mass is 436 g/mol. The van der Waals surface area contributed by atoms with Gasteiger partial charge in [-0.2, -0.15) is 0 Å². The Hall–Kier alpha value is -1.87. The van der Waals surface area contributed by atoms with Gasteiger partial charge in [-0.05, 0) is 43.1 Å². The fourth-order valence-electron chi connectivity index (χ4n) is 3.53. The van der Waals surface area contributed by atoms with Gasteiger partial charge in [-0.25, -0.2) is 9.78 Å². The van der Waals surface area contributed by atoms with Crippen LogP contribution in [0.15, 0.2) is 9.95 Å². The summed E-state index contributed by atoms with van der Waals surface area (Å²) in [6.45, 7) is 7.12. The predicted octanol–water partition coefficient (Wildman–Crippen LogP) is 3.31. The van der Waals surface area contributed by atoms with Gasteiger partial charge in [0.15, 0.2) is 5.16 Å². The number of thioether (sulfide) groups is 1. The molecule has 29 heavy (non-hydrogen) atoms. The van der Waals surface area contributed by atoms with Crippen molar-refractivity contribution in [1.82, 2.24) is 14.9 Å². The zero-order chi connectivity index (χ0) is 21.1. The Morgan fingerprint density at radius 2 is 2.17 bits per heavy atom. The maximum absolute atomic E-state index is 13.4. The van der Waals surface area contributed by atoms with Crippen LogP contribution in [-0.2, 0) is 24.2 Å². The molecule has 0 bridgehead atoms. The minimum atomic E-state index is -0.855. The van der Waals surface area contributed by atoms with Crippen LogP contribution in [-0.4, -0.2) is 27.2 Å². The summed E-state index contributed by atoms with van der Waals surface area (Å²) in [4.78, 5) is 42.8. The number of imide groups is 1. The highest BCUT2D eigenvalue weighted by Crippen LogP contribution is 2.36. The topological polar surface area (TPSA) is 107 Å². The molecule has 0 aromatic carbocycles. The number of fused-ring (bicyclic) bond motifs is 3. The Bertz CT molecular complexity index is 980. The highest BCUT2D eigenvalue weighted by Gasteiger charge is 2.24. The summed E-state index contributed by atoms with van der Waals surface area (Å²) in [5.41, 5.74) is 6.20. The quantitative estimate of drug-likeness (QED) is 0.511. The van der Waals surface area contributed by atoms with Crippen molar-refractivity contribution in [3.05, 3.63) is 20.8 Å². The van der Waals surface area contributed by atoms with E-state index in [-0.39, 0.29) is 12.0 Å². The van der Waals surface area contributed by atoms with E-state index in [2.05, 4.69) is 26.1 Å². The summed E-state index contributed by atoms with van der Waals surface area (Å²) in [5.74, 6) is 1.09. The van der Waals surface area contributed by atoms with E-state index >= 15 is 0 Å². The van der Waals surface area contributed by atoms with Crippen LogP contribution in [0.4, 0.5) is 4.79 Å². The second kappa shape index (κ2) is 9.30. The SMILES string of the molecule is CC(C)CCn1c(SCCC(=O)NC(N)=O)nc2sc3c(c2c1=O)CCC(C)C3. The number of nitrogens with zero attached hydrogens (tertiary/aromatic N) is 2. The van der Waals surface area contributed by atoms with E-state index in [9.17, 15) is 14.4 Å². The Labute approximate surface area is 178 Å². The Morgan fingerprint density at radius 3 is 2.86 bits per heavy atom. The first-order chi connectivity index (χ1) is 13.8. The third-order valence-corrected chi connectivity index (χ3v) is 7.26. The first-order valence-corrected chi connectivity index (χ1v) is 11.8. The average molecular weight is 437 g/mol. The number of aromatic nitrogens is 2. The third-order valence-electron chi connectivity index (χ3n) is 5.13. The number of hydrogen-bond donors (Lipinski definition) is 2. The number of carbonyl (C=O) groups excluding carboxylic acids is 2. The van der Waals surface area contributed by atoms with E-state index < -0.39 is 11.9 Å². The molecule has 1 aliphatic carbocycles. The number of hydrogen-bond acceptors (Lipinski definition) is 6. The molecule has 9 heteroatoms. The van der Waals surface area contributed by atoms with E-state index in [0.717, 1.165) is 35.9 Å². The van der Waals surface area contributed by atoms with E-state index in [0.29, 0.717) is 29.3 Å². The lowest BCUT2D eigenvalue weighted by Gasteiger charge is -2.18. The van der Waals surface area contributed by atoms with E-state index in [1.54, 1.807) is 15.9 Å². The van der Waals surface area contributed by atoms with E-state index in [1.165, 1.54) is 22.2 Å². The highest BCUT2D eigenvalue weighted by atomic mass is 32.2. The lowest BCUT2D eigenvalue weighted by molar-refractivity contribution is -0.119. The minimum absolute atomic E-state index is 0.0341. The number of carbonyl (C=O) groups is 2. The second-order valence-corrected chi connectivity index (χ2v) is 10.2. The van der Waals surface area contributed by atoms with Crippen LogP contribution in [0.1, 0.15) is 50.5 Å². The number of primary amides is 1. The maximum Gasteiger partial charge on any atom is 0.318 e. The van der Waals surface area contributed by atoms with E-state index in [4.69, 9.17) is 10.7 Å². The summed E-state index contributed by atoms with van der Waals surface area (Å²) < 4.78 is 1.77. The standard InChI is InChI=1S/C20H28N4O3S2/c1-11(2)6-8-24-18(26)16-13-5-4-12(3)10-14(13)29-17(16)23-20(24)28-9-7-15(25)22-19(21)27/h11-12H,4-10H2,1-3H3,(H3,21,22,25,27). The van der Waals surface area contributed by atoms with Gasteiger partial charge in [-0.1, -0.05) is 32.5 Å². The third kappa shape index (κ3) is 5.19. The number of urea groups is 1. The van der Waals surface area contributed by atoms with Crippen LogP contribution in [0.5, 0.6) is 0 Å². The molecule has 0 saturated carbocycles. The van der Waals surface area contributed by atoms with E-state index in [1.807, 2.05) is 0 Å². The van der Waals surface area contributed by atoms with Crippen molar-refractivity contribution < 1.29 is 9.59 Å². The molecule has 3 rings (SSSR count). The molecule has 2 heterocycles. The number of nitrogens with two attached hydrogens (primary N) is 1. The number of rotatable bonds is 7. The molecular formula is C20H28N4O3S2. The van der Waals surface area contributed by atoms with Gasteiger partial charge in [0.2, 0.25) is 5.91 Å². The van der Waals surface area contributed by atoms with Crippen molar-refractivity contribution in [3.8, 4) is 0 Å². The molecule has 158 valence electrons. The van der Waals surface area contributed by atoms with Gasteiger partial charge in [0.1, 0.15) is 4.83 Å². The van der Waals surface area contributed by atoms with Gasteiger partial charge in [-0.15, -0.1) is 11.3 Å². The van der Waals surface area contributed by atoms with Gasteiger partial charge in [0.25, 0.3) is 5.56 Å². The maximum atomic E-state index is 13.4. The van der Waals surface area contributed by atoms with Crippen LogP contribution in [0.3, 0.4) is 0 Å². The zero-order valence-corrected chi connectivity index (χ0v) is 18.8. The normalized spacial score (nSPS) is 16.2. The lowest BCUT2D eigenvalue weighted by atomic mass is 9.89. The molecule has 0 fully saturated rings. The molecular weight excluding hydrogens is 408 g/mol. The molecule has 2 aromatic rings. The van der Waals surface area contributed by atoms with Crippen LogP contribution in [0.25, 0.3) is 10.2 Å². The summed E-state index contributed by atoms with van der Waals surface area (Å²) in [5, 5.41) is 3.49. The number of thiophene rings is 1. The molecule has 0 spiro atoms. The molecule has 2 aromatic heterocycles. The van der Waals surface area contributed by atoms with Crippen molar-refractivity contribution in [2.75, 3.05) is 5.75 Å². The van der Waals surface area contributed by atoms with Gasteiger partial charge < -0.3 is 5.73 Å². The molecule has 3 amide bonds. The zero-order valence-electron chi connectivity index (χ0n) is 17.1. The van der Waals surface area contributed by atoms with Crippen molar-refractivity contribution in [2.24, 2.45) is 17.6 Å². The van der Waals surface area contributed by atoms with Gasteiger partial charge in [-0.3, -0.25) is 19.5 Å². The fraction of sp³-hybridized carbons (Fsp3) is 0.600. The summed E-state index contributed by atoms with van der Waals surface area (Å²) in [7, 11) is 0. The smallest absolute Gasteiger partial charge is 0.318 e. The van der Waals surface area contributed by atoms with Crippen molar-refractivity contribution in [1.29, 1.82) is 0 Å². The van der Waals surface area contributed by atoms with Crippen LogP contribution >= 0.6 is 23.1 Å². The molecule has 1 atom stereocenters. The Morgan fingerprint density at radius 1 is 1.41 bits per heavy atom. The molecule has 0 radical (unpaired) electrons. The molecule has 7 nitrogen and oxygen atoms in total. The molecule has 1 unspecified atom stereocenters. The van der Waals surface area contributed by atoms with Gasteiger partial charge >= 0.3 is 6.03 Å². The summed E-state index contributed by atoms with van der Waals surface area (Å²) >= 11 is 3.01. The first kappa shape index (κ1) is 21.8. The molecule has 0 aliphatic heterocycles. The van der Waals surface area contributed by atoms with Crippen LogP contribution in [0.2, 0.25) is 0 Å². The first-order valence-electron chi connectivity index (χ1n) is 10.0. The van der Waals surface area contributed by atoms with Crippen molar-refractivity contribution in [3.63, 3.8) is 0 Å². The van der Waals surface area contributed by atoms with Crippen LogP contribution in [0, 0.1) is 11.8 Å². The molecule has 1 aliphatic rings. The fourth-order valence-corrected chi connectivity index (χ4v) is 5.92. The number of aryl methyl sites for hydroxylation is 1. The summed E-state index contributed by atoms with van der Waals surface area (Å²) in [6.07, 6.45) is 4.07. The Kier molecular flexibility index (Phi) is 7.00. The molecule has 0 saturated heterocycles. The van der Waals surface area contributed by atoms with Crippen molar-refractivity contribution in [2.45, 2.75) is 64.6 Å². The van der Waals surface area contributed by atoms with Gasteiger partial charge in [0, 0.05) is 23.6 Å². The lowest BCUT2D eigenvalue weighted by Crippen LogP contribution is -2.35. The number of amides is 3. The highest BCUT2D eigenvalue weighted by molar-refractivity contribution is 7.99.